The highest BCUT2D eigenvalue weighted by atomic mass is 28.3. The van der Waals surface area contributed by atoms with E-state index in [0.29, 0.717) is 0 Å². The van der Waals surface area contributed by atoms with Crippen LogP contribution in [0.25, 0.3) is 38.4 Å². The van der Waals surface area contributed by atoms with Crippen LogP contribution in [0.4, 0.5) is 5.82 Å². The lowest BCUT2D eigenvalue weighted by Gasteiger charge is -2.19. The van der Waals surface area contributed by atoms with Gasteiger partial charge in [0.05, 0.1) is 8.07 Å². The number of rotatable bonds is 4. The first-order valence-electron chi connectivity index (χ1n) is 10.1. The Balaban J connectivity index is 1.87. The molecule has 4 heteroatoms. The highest BCUT2D eigenvalue weighted by molar-refractivity contribution is 6.76. The molecule has 1 N–H and O–H groups in total. The number of nitrogens with zero attached hydrogens (tertiary/aromatic N) is 2. The summed E-state index contributed by atoms with van der Waals surface area (Å²) in [7, 11) is -1.28. The van der Waals surface area contributed by atoms with E-state index in [1.54, 1.807) is 0 Å². The van der Waals surface area contributed by atoms with E-state index in [1.807, 2.05) is 0 Å². The highest BCUT2D eigenvalue weighted by Crippen LogP contribution is 2.39. The fraction of sp³-hybridized carbons (Fsp3) is 0.160. The van der Waals surface area contributed by atoms with Gasteiger partial charge in [-0.2, -0.15) is 0 Å². The zero-order valence-corrected chi connectivity index (χ0v) is 18.1. The predicted octanol–water partition coefficient (Wildman–Crippen LogP) is 6.60. The molecular formula is C25H25N3Si. The topological polar surface area (TPSA) is 29.3 Å². The molecule has 0 radical (unpaired) electrons. The highest BCUT2D eigenvalue weighted by Gasteiger charge is 2.21. The lowest BCUT2D eigenvalue weighted by atomic mass is 9.95. The third-order valence-electron chi connectivity index (χ3n) is 5.32. The number of nitrogens with one attached hydrogen (secondary N) is 1. The molecule has 29 heavy (non-hydrogen) atoms. The van der Waals surface area contributed by atoms with E-state index in [4.69, 9.17) is 4.98 Å². The van der Waals surface area contributed by atoms with Crippen LogP contribution in [0.2, 0.25) is 19.6 Å². The Morgan fingerprint density at radius 1 is 0.828 bits per heavy atom. The van der Waals surface area contributed by atoms with Crippen molar-refractivity contribution in [2.24, 2.45) is 0 Å². The SMILES string of the molecule is C[Si](C)(C)CNc1c(-c2c3ccccc3cc3ccccc23)nc2ccccn12. The molecule has 5 rings (SSSR count). The monoisotopic (exact) mass is 395 g/mol. The summed E-state index contributed by atoms with van der Waals surface area (Å²) < 4.78 is 2.19. The molecule has 0 saturated carbocycles. The molecule has 0 aliphatic rings. The van der Waals surface area contributed by atoms with Crippen LogP contribution in [-0.4, -0.2) is 23.6 Å². The predicted molar refractivity (Wildman–Crippen MR) is 127 cm³/mol. The summed E-state index contributed by atoms with van der Waals surface area (Å²) >= 11 is 0. The van der Waals surface area contributed by atoms with Gasteiger partial charge in [-0.1, -0.05) is 74.2 Å². The molecule has 0 bridgehead atoms. The number of imidazole rings is 1. The second-order valence-electron chi connectivity index (χ2n) is 8.85. The van der Waals surface area contributed by atoms with Crippen molar-refractivity contribution in [3.63, 3.8) is 0 Å². The number of hydrogen-bond acceptors (Lipinski definition) is 2. The van der Waals surface area contributed by atoms with Crippen LogP contribution in [-0.2, 0) is 0 Å². The van der Waals surface area contributed by atoms with E-state index in [-0.39, 0.29) is 0 Å². The summed E-state index contributed by atoms with van der Waals surface area (Å²) in [5.74, 6) is 1.09. The van der Waals surface area contributed by atoms with Gasteiger partial charge >= 0.3 is 0 Å². The van der Waals surface area contributed by atoms with Gasteiger partial charge in [0.2, 0.25) is 0 Å². The second kappa shape index (κ2) is 6.74. The minimum absolute atomic E-state index is 0.970. The number of aromatic nitrogens is 2. The molecule has 0 atom stereocenters. The molecule has 0 spiro atoms. The summed E-state index contributed by atoms with van der Waals surface area (Å²) in [5.41, 5.74) is 3.21. The number of hydrogen-bond donors (Lipinski definition) is 1. The Morgan fingerprint density at radius 3 is 2.10 bits per heavy atom. The normalized spacial score (nSPS) is 12.1. The van der Waals surface area contributed by atoms with Gasteiger partial charge < -0.3 is 5.32 Å². The molecule has 0 aliphatic carbocycles. The van der Waals surface area contributed by atoms with Crippen LogP contribution < -0.4 is 5.32 Å². The Morgan fingerprint density at radius 2 is 1.45 bits per heavy atom. The number of pyridine rings is 1. The molecule has 144 valence electrons. The van der Waals surface area contributed by atoms with Crippen molar-refractivity contribution in [2.45, 2.75) is 19.6 Å². The van der Waals surface area contributed by atoms with Crippen LogP contribution >= 0.6 is 0 Å². The third-order valence-corrected chi connectivity index (χ3v) is 6.56. The molecule has 2 heterocycles. The summed E-state index contributed by atoms with van der Waals surface area (Å²) in [4.78, 5) is 5.10. The molecule has 0 aliphatic heterocycles. The first-order valence-corrected chi connectivity index (χ1v) is 13.8. The summed E-state index contributed by atoms with van der Waals surface area (Å²) in [5, 5.41) is 8.74. The van der Waals surface area contributed by atoms with Crippen molar-refractivity contribution in [3.05, 3.63) is 79.0 Å². The maximum atomic E-state index is 5.10. The van der Waals surface area contributed by atoms with Gasteiger partial charge in [-0.15, -0.1) is 0 Å². The summed E-state index contributed by atoms with van der Waals surface area (Å²) in [6, 6.07) is 25.7. The van der Waals surface area contributed by atoms with E-state index in [0.717, 1.165) is 23.3 Å². The maximum Gasteiger partial charge on any atom is 0.139 e. The van der Waals surface area contributed by atoms with E-state index in [9.17, 15) is 0 Å². The van der Waals surface area contributed by atoms with Crippen LogP contribution in [0, 0.1) is 0 Å². The number of benzene rings is 3. The molecule has 3 aromatic carbocycles. The molecule has 2 aromatic heterocycles. The van der Waals surface area contributed by atoms with E-state index in [1.165, 1.54) is 27.1 Å². The first kappa shape index (κ1) is 17.9. The Hall–Kier alpha value is -3.11. The van der Waals surface area contributed by atoms with Gasteiger partial charge in [-0.3, -0.25) is 4.40 Å². The first-order chi connectivity index (χ1) is 14.0. The van der Waals surface area contributed by atoms with Crippen LogP contribution in [0.5, 0.6) is 0 Å². The average Bonchev–Trinajstić information content (AvgIpc) is 3.08. The average molecular weight is 396 g/mol. The lowest BCUT2D eigenvalue weighted by Crippen LogP contribution is -2.31. The van der Waals surface area contributed by atoms with E-state index in [2.05, 4.69) is 108 Å². The Labute approximate surface area is 172 Å². The molecule has 0 saturated heterocycles. The number of anilines is 1. The Kier molecular flexibility index (Phi) is 4.17. The summed E-state index contributed by atoms with van der Waals surface area (Å²) in [6.07, 6.45) is 3.11. The van der Waals surface area contributed by atoms with Gasteiger partial charge in [-0.05, 0) is 39.7 Å². The second-order valence-corrected chi connectivity index (χ2v) is 14.3. The molecule has 3 nitrogen and oxygen atoms in total. The minimum Gasteiger partial charge on any atom is -0.372 e. The molecule has 0 unspecified atom stereocenters. The van der Waals surface area contributed by atoms with Gasteiger partial charge in [-0.25, -0.2) is 4.98 Å². The smallest absolute Gasteiger partial charge is 0.139 e. The molecule has 0 amide bonds. The van der Waals surface area contributed by atoms with Gasteiger partial charge in [0.1, 0.15) is 17.2 Å². The van der Waals surface area contributed by atoms with Crippen LogP contribution in [0.1, 0.15) is 0 Å². The zero-order chi connectivity index (χ0) is 20.0. The zero-order valence-electron chi connectivity index (χ0n) is 17.1. The van der Waals surface area contributed by atoms with Crippen molar-refractivity contribution in [1.82, 2.24) is 9.38 Å². The molecular weight excluding hydrogens is 370 g/mol. The van der Waals surface area contributed by atoms with Crippen molar-refractivity contribution >= 4 is 41.1 Å². The largest absolute Gasteiger partial charge is 0.372 e. The van der Waals surface area contributed by atoms with Crippen LogP contribution in [0.3, 0.4) is 0 Å². The minimum atomic E-state index is -1.28. The van der Waals surface area contributed by atoms with Gasteiger partial charge in [0, 0.05) is 17.9 Å². The van der Waals surface area contributed by atoms with E-state index < -0.39 is 8.07 Å². The lowest BCUT2D eigenvalue weighted by molar-refractivity contribution is 1.16. The maximum absolute atomic E-state index is 5.10. The fourth-order valence-corrected chi connectivity index (χ4v) is 4.65. The van der Waals surface area contributed by atoms with Crippen molar-refractivity contribution < 1.29 is 0 Å². The quantitative estimate of drug-likeness (QED) is 0.274. The summed E-state index contributed by atoms with van der Waals surface area (Å²) in [6.45, 7) is 7.16. The van der Waals surface area contributed by atoms with E-state index >= 15 is 0 Å². The van der Waals surface area contributed by atoms with Gasteiger partial charge in [0.25, 0.3) is 0 Å². The third kappa shape index (κ3) is 3.19. The standard InChI is InChI=1S/C25H25N3Si/c1-29(2,3)17-26-25-24(27-22-14-8-9-15-28(22)25)23-20-12-6-4-10-18(20)16-19-11-5-7-13-21(19)23/h4-16,26H,17H2,1-3H3. The van der Waals surface area contributed by atoms with Crippen LogP contribution in [0.15, 0.2) is 79.0 Å². The number of fused-ring (bicyclic) bond motifs is 3. The molecule has 0 fully saturated rings. The van der Waals surface area contributed by atoms with Crippen molar-refractivity contribution in [3.8, 4) is 11.3 Å². The van der Waals surface area contributed by atoms with Crippen molar-refractivity contribution in [2.75, 3.05) is 11.5 Å². The fourth-order valence-electron chi connectivity index (χ4n) is 3.96. The molecule has 5 aromatic rings. The van der Waals surface area contributed by atoms with Crippen molar-refractivity contribution in [1.29, 1.82) is 0 Å². The Bertz CT molecular complexity index is 1290. The van der Waals surface area contributed by atoms with Gasteiger partial charge in [0.15, 0.2) is 0 Å².